The van der Waals surface area contributed by atoms with E-state index in [1.807, 2.05) is 45.0 Å². The Morgan fingerprint density at radius 1 is 1.32 bits per heavy atom. The minimum Gasteiger partial charge on any atom is -0.491 e. The fourth-order valence-electron chi connectivity index (χ4n) is 2.75. The van der Waals surface area contributed by atoms with E-state index < -0.39 is 6.10 Å². The lowest BCUT2D eigenvalue weighted by Gasteiger charge is -2.14. The molecule has 3 aromatic rings. The third-order valence-electron chi connectivity index (χ3n) is 4.43. The van der Waals surface area contributed by atoms with Crippen molar-refractivity contribution < 1.29 is 9.84 Å². The maximum atomic E-state index is 12.9. The molecule has 0 saturated carbocycles. The van der Waals surface area contributed by atoms with Gasteiger partial charge in [0.25, 0.3) is 5.56 Å². The maximum absolute atomic E-state index is 12.9. The number of fused-ring (bicyclic) bond motifs is 1. The Labute approximate surface area is 172 Å². The SMILES string of the molecule is C=CCn1c(SC[C@H](O)COc2ccc(C)cc2)nc2sc(C)c(C)c2c1=O. The van der Waals surface area contributed by atoms with Crippen LogP contribution in [0.3, 0.4) is 0 Å². The lowest BCUT2D eigenvalue weighted by atomic mass is 10.2. The van der Waals surface area contributed by atoms with E-state index in [0.717, 1.165) is 26.6 Å². The molecule has 1 atom stereocenters. The van der Waals surface area contributed by atoms with Crippen LogP contribution in [-0.4, -0.2) is 33.1 Å². The first-order chi connectivity index (χ1) is 13.4. The number of aryl methyl sites for hydroxylation is 3. The Bertz CT molecular complexity index is 1040. The van der Waals surface area contributed by atoms with Crippen molar-refractivity contribution in [1.29, 1.82) is 0 Å². The van der Waals surface area contributed by atoms with E-state index in [1.165, 1.54) is 23.1 Å². The van der Waals surface area contributed by atoms with Crippen molar-refractivity contribution in [2.24, 2.45) is 0 Å². The highest BCUT2D eigenvalue weighted by Gasteiger charge is 2.17. The fraction of sp³-hybridized carbons (Fsp3) is 0.333. The molecule has 0 radical (unpaired) electrons. The summed E-state index contributed by atoms with van der Waals surface area (Å²) in [4.78, 5) is 19.5. The highest BCUT2D eigenvalue weighted by molar-refractivity contribution is 7.99. The van der Waals surface area contributed by atoms with Gasteiger partial charge < -0.3 is 9.84 Å². The van der Waals surface area contributed by atoms with Crippen LogP contribution in [0.2, 0.25) is 0 Å². The maximum Gasteiger partial charge on any atom is 0.263 e. The van der Waals surface area contributed by atoms with Crippen molar-refractivity contribution in [2.75, 3.05) is 12.4 Å². The summed E-state index contributed by atoms with van der Waals surface area (Å²) < 4.78 is 7.25. The van der Waals surface area contributed by atoms with E-state index in [2.05, 4.69) is 11.6 Å². The second-order valence-electron chi connectivity index (χ2n) is 6.65. The molecular formula is C21H24N2O3S2. The van der Waals surface area contributed by atoms with Gasteiger partial charge in [-0.2, -0.15) is 0 Å². The zero-order chi connectivity index (χ0) is 20.3. The first kappa shape index (κ1) is 20.6. The first-order valence-corrected chi connectivity index (χ1v) is 10.8. The molecule has 5 nitrogen and oxygen atoms in total. The Morgan fingerprint density at radius 2 is 2.04 bits per heavy atom. The summed E-state index contributed by atoms with van der Waals surface area (Å²) >= 11 is 2.88. The molecule has 0 aliphatic heterocycles. The quantitative estimate of drug-likeness (QED) is 0.340. The van der Waals surface area contributed by atoms with Gasteiger partial charge in [0.05, 0.1) is 11.5 Å². The number of thioether (sulfide) groups is 1. The number of aliphatic hydroxyl groups excluding tert-OH is 1. The third kappa shape index (κ3) is 4.48. The van der Waals surface area contributed by atoms with Crippen molar-refractivity contribution >= 4 is 33.3 Å². The van der Waals surface area contributed by atoms with Gasteiger partial charge in [0, 0.05) is 17.2 Å². The Kier molecular flexibility index (Phi) is 6.59. The van der Waals surface area contributed by atoms with Crippen molar-refractivity contribution in [3.63, 3.8) is 0 Å². The van der Waals surface area contributed by atoms with E-state index >= 15 is 0 Å². The molecule has 0 bridgehead atoms. The van der Waals surface area contributed by atoms with E-state index in [-0.39, 0.29) is 12.2 Å². The highest BCUT2D eigenvalue weighted by Crippen LogP contribution is 2.28. The standard InChI is InChI=1S/C21H24N2O3S2/c1-5-10-23-20(25)18-14(3)15(4)28-19(18)22-21(23)27-12-16(24)11-26-17-8-6-13(2)7-9-17/h5-9,16,24H,1,10-12H2,2-4H3/t16-/m1/s1. The molecule has 1 N–H and O–H groups in total. The van der Waals surface area contributed by atoms with Crippen molar-refractivity contribution in [2.45, 2.75) is 38.6 Å². The van der Waals surface area contributed by atoms with E-state index in [4.69, 9.17) is 4.74 Å². The lowest BCUT2D eigenvalue weighted by molar-refractivity contribution is 0.126. The summed E-state index contributed by atoms with van der Waals surface area (Å²) in [6, 6.07) is 7.70. The summed E-state index contributed by atoms with van der Waals surface area (Å²) in [5.41, 5.74) is 2.09. The Hall–Kier alpha value is -2.09. The van der Waals surface area contributed by atoms with E-state index in [0.29, 0.717) is 22.8 Å². The highest BCUT2D eigenvalue weighted by atomic mass is 32.2. The zero-order valence-electron chi connectivity index (χ0n) is 16.3. The van der Waals surface area contributed by atoms with Crippen LogP contribution >= 0.6 is 23.1 Å². The number of aliphatic hydroxyl groups is 1. The molecule has 1 aromatic carbocycles. The van der Waals surface area contributed by atoms with E-state index in [1.54, 1.807) is 10.6 Å². The van der Waals surface area contributed by atoms with Gasteiger partial charge in [-0.1, -0.05) is 35.5 Å². The molecule has 0 fully saturated rings. The number of allylic oxidation sites excluding steroid dienone is 1. The molecule has 2 aromatic heterocycles. The number of nitrogens with zero attached hydrogens (tertiary/aromatic N) is 2. The van der Waals surface area contributed by atoms with Crippen LogP contribution in [0.25, 0.3) is 10.2 Å². The lowest BCUT2D eigenvalue weighted by Crippen LogP contribution is -2.24. The molecule has 0 unspecified atom stereocenters. The molecule has 148 valence electrons. The van der Waals surface area contributed by atoms with Gasteiger partial charge >= 0.3 is 0 Å². The summed E-state index contributed by atoms with van der Waals surface area (Å²) in [7, 11) is 0. The van der Waals surface area contributed by atoms with Crippen LogP contribution in [0.4, 0.5) is 0 Å². The monoisotopic (exact) mass is 416 g/mol. The Morgan fingerprint density at radius 3 is 2.71 bits per heavy atom. The zero-order valence-corrected chi connectivity index (χ0v) is 17.9. The minimum atomic E-state index is -0.678. The average Bonchev–Trinajstić information content (AvgIpc) is 2.96. The van der Waals surface area contributed by atoms with Crippen molar-refractivity contribution in [3.8, 4) is 5.75 Å². The minimum absolute atomic E-state index is 0.0559. The number of hydrogen-bond acceptors (Lipinski definition) is 6. The van der Waals surface area contributed by atoms with Crippen molar-refractivity contribution in [3.05, 3.63) is 63.3 Å². The topological polar surface area (TPSA) is 64.3 Å². The van der Waals surface area contributed by atoms with Gasteiger partial charge in [-0.05, 0) is 38.5 Å². The van der Waals surface area contributed by atoms with Gasteiger partial charge in [-0.3, -0.25) is 9.36 Å². The summed E-state index contributed by atoms with van der Waals surface area (Å²) in [6.45, 7) is 10.3. The fourth-order valence-corrected chi connectivity index (χ4v) is 4.74. The summed E-state index contributed by atoms with van der Waals surface area (Å²) in [5, 5.41) is 11.6. The molecule has 0 amide bonds. The molecule has 2 heterocycles. The normalized spacial score (nSPS) is 12.3. The average molecular weight is 417 g/mol. The third-order valence-corrected chi connectivity index (χ3v) is 6.66. The molecular weight excluding hydrogens is 392 g/mol. The van der Waals surface area contributed by atoms with Gasteiger partial charge in [-0.25, -0.2) is 4.98 Å². The van der Waals surface area contributed by atoms with Crippen LogP contribution in [0.1, 0.15) is 16.0 Å². The van der Waals surface area contributed by atoms with Crippen molar-refractivity contribution in [1.82, 2.24) is 9.55 Å². The molecule has 0 aliphatic rings. The number of ether oxygens (including phenoxy) is 1. The predicted octanol–water partition coefficient (Wildman–Crippen LogP) is 4.10. The summed E-state index contributed by atoms with van der Waals surface area (Å²) in [5.74, 6) is 1.10. The molecule has 28 heavy (non-hydrogen) atoms. The van der Waals surface area contributed by atoms with E-state index in [9.17, 15) is 9.90 Å². The van der Waals surface area contributed by atoms with Gasteiger partial charge in [0.1, 0.15) is 17.2 Å². The molecule has 0 aliphatic carbocycles. The van der Waals surface area contributed by atoms with Crippen LogP contribution in [0.15, 0.2) is 46.9 Å². The molecule has 3 rings (SSSR count). The van der Waals surface area contributed by atoms with Crippen LogP contribution < -0.4 is 10.3 Å². The predicted molar refractivity (Wildman–Crippen MR) is 117 cm³/mol. The summed E-state index contributed by atoms with van der Waals surface area (Å²) in [6.07, 6.45) is 1.01. The smallest absolute Gasteiger partial charge is 0.263 e. The van der Waals surface area contributed by atoms with Gasteiger partial charge in [-0.15, -0.1) is 17.9 Å². The van der Waals surface area contributed by atoms with Gasteiger partial charge in [0.2, 0.25) is 0 Å². The van der Waals surface area contributed by atoms with Crippen LogP contribution in [0, 0.1) is 20.8 Å². The first-order valence-electron chi connectivity index (χ1n) is 9.02. The molecule has 7 heteroatoms. The van der Waals surface area contributed by atoms with Crippen LogP contribution in [0.5, 0.6) is 5.75 Å². The number of benzene rings is 1. The van der Waals surface area contributed by atoms with Crippen LogP contribution in [-0.2, 0) is 6.54 Å². The largest absolute Gasteiger partial charge is 0.491 e. The molecule has 0 spiro atoms. The van der Waals surface area contributed by atoms with Gasteiger partial charge in [0.15, 0.2) is 5.16 Å². The number of hydrogen-bond donors (Lipinski definition) is 1. The Balaban J connectivity index is 1.73. The number of aromatic nitrogens is 2. The number of rotatable bonds is 8. The second kappa shape index (κ2) is 8.94. The number of thiophene rings is 1. The molecule has 0 saturated heterocycles. The second-order valence-corrected chi connectivity index (χ2v) is 8.84.